The quantitative estimate of drug-likeness (QED) is 0.691. The molecule has 2 rings (SSSR count). The molecular weight excluding hydrogens is 276 g/mol. The maximum absolute atomic E-state index is 12.3. The number of rotatable bonds is 2. The van der Waals surface area contributed by atoms with Gasteiger partial charge in [0.2, 0.25) is 0 Å². The van der Waals surface area contributed by atoms with Crippen molar-refractivity contribution in [1.82, 2.24) is 9.80 Å². The Balaban J connectivity index is 2.05. The third-order valence-electron chi connectivity index (χ3n) is 3.65. The molecule has 0 aliphatic carbocycles. The number of hydrogen-bond donors (Lipinski definition) is 0. The topological polar surface area (TPSA) is 68.3 Å². The molecule has 2 heterocycles. The lowest BCUT2D eigenvalue weighted by atomic mass is 10.1. The molecule has 2 aliphatic heterocycles. The van der Waals surface area contributed by atoms with Gasteiger partial charge in [0.1, 0.15) is 11.6 Å². The zero-order chi connectivity index (χ0) is 15.6. The fraction of sp³-hybridized carbons (Fsp3) is 0.857. The van der Waals surface area contributed by atoms with E-state index >= 15 is 0 Å². The van der Waals surface area contributed by atoms with Gasteiger partial charge in [-0.1, -0.05) is 0 Å². The average molecular weight is 300 g/mol. The SMILES string of the molecule is COC(=O)C1CN(C2COC2)CCN1C(=O)OC(C)(C)C. The molecule has 0 N–H and O–H groups in total. The minimum Gasteiger partial charge on any atom is -0.467 e. The second-order valence-corrected chi connectivity index (χ2v) is 6.40. The summed E-state index contributed by atoms with van der Waals surface area (Å²) in [7, 11) is 1.33. The Hall–Kier alpha value is -1.34. The van der Waals surface area contributed by atoms with E-state index in [9.17, 15) is 9.59 Å². The van der Waals surface area contributed by atoms with E-state index in [2.05, 4.69) is 4.90 Å². The lowest BCUT2D eigenvalue weighted by molar-refractivity contribution is -0.152. The van der Waals surface area contributed by atoms with E-state index < -0.39 is 23.7 Å². The molecule has 1 atom stereocenters. The predicted molar refractivity (Wildman–Crippen MR) is 74.9 cm³/mol. The Morgan fingerprint density at radius 1 is 1.19 bits per heavy atom. The zero-order valence-corrected chi connectivity index (χ0v) is 13.1. The lowest BCUT2D eigenvalue weighted by Crippen LogP contribution is -2.63. The summed E-state index contributed by atoms with van der Waals surface area (Å²) in [6.45, 7) is 8.40. The van der Waals surface area contributed by atoms with Gasteiger partial charge in [-0.25, -0.2) is 9.59 Å². The van der Waals surface area contributed by atoms with Gasteiger partial charge in [0, 0.05) is 19.6 Å². The maximum atomic E-state index is 12.3. The molecule has 0 spiro atoms. The molecule has 7 nitrogen and oxygen atoms in total. The second-order valence-electron chi connectivity index (χ2n) is 6.40. The van der Waals surface area contributed by atoms with Crippen LogP contribution in [0.1, 0.15) is 20.8 Å². The summed E-state index contributed by atoms with van der Waals surface area (Å²) >= 11 is 0. The van der Waals surface area contributed by atoms with Gasteiger partial charge in [0.25, 0.3) is 0 Å². The summed E-state index contributed by atoms with van der Waals surface area (Å²) in [4.78, 5) is 27.9. The van der Waals surface area contributed by atoms with Crippen LogP contribution in [0.4, 0.5) is 4.79 Å². The summed E-state index contributed by atoms with van der Waals surface area (Å²) in [5.74, 6) is -0.411. The van der Waals surface area contributed by atoms with Gasteiger partial charge in [-0.3, -0.25) is 9.80 Å². The molecule has 1 amide bonds. The summed E-state index contributed by atoms with van der Waals surface area (Å²) in [5, 5.41) is 0. The van der Waals surface area contributed by atoms with E-state index in [1.54, 1.807) is 20.8 Å². The van der Waals surface area contributed by atoms with Crippen molar-refractivity contribution in [2.45, 2.75) is 38.5 Å². The van der Waals surface area contributed by atoms with Gasteiger partial charge < -0.3 is 14.2 Å². The van der Waals surface area contributed by atoms with Crippen LogP contribution in [-0.4, -0.2) is 79.5 Å². The number of carbonyl (C=O) groups is 2. The lowest BCUT2D eigenvalue weighted by Gasteiger charge is -2.45. The van der Waals surface area contributed by atoms with E-state index in [4.69, 9.17) is 14.2 Å². The van der Waals surface area contributed by atoms with E-state index in [-0.39, 0.29) is 0 Å². The Labute approximate surface area is 125 Å². The largest absolute Gasteiger partial charge is 0.467 e. The van der Waals surface area contributed by atoms with Gasteiger partial charge in [-0.2, -0.15) is 0 Å². The smallest absolute Gasteiger partial charge is 0.411 e. The highest BCUT2D eigenvalue weighted by atomic mass is 16.6. The average Bonchev–Trinajstić information content (AvgIpc) is 2.33. The monoisotopic (exact) mass is 300 g/mol. The first-order valence-electron chi connectivity index (χ1n) is 7.21. The molecule has 0 saturated carbocycles. The van der Waals surface area contributed by atoms with Crippen LogP contribution >= 0.6 is 0 Å². The highest BCUT2D eigenvalue weighted by Gasteiger charge is 2.41. The van der Waals surface area contributed by atoms with Crippen LogP contribution in [0.3, 0.4) is 0 Å². The standard InChI is InChI=1S/C14H24N2O5/c1-14(2,3)21-13(18)16-6-5-15(10-8-20-9-10)7-11(16)12(17)19-4/h10-11H,5-9H2,1-4H3. The number of piperazine rings is 1. The number of esters is 1. The second kappa shape index (κ2) is 6.19. The van der Waals surface area contributed by atoms with Gasteiger partial charge in [0.05, 0.1) is 26.4 Å². The van der Waals surface area contributed by atoms with Gasteiger partial charge in [-0.05, 0) is 20.8 Å². The molecule has 2 aliphatic rings. The third kappa shape index (κ3) is 3.85. The summed E-state index contributed by atoms with van der Waals surface area (Å²) in [6, 6.07) is -0.294. The Morgan fingerprint density at radius 3 is 2.33 bits per heavy atom. The van der Waals surface area contributed by atoms with Crippen LogP contribution in [0, 0.1) is 0 Å². The summed E-state index contributed by atoms with van der Waals surface area (Å²) in [5.41, 5.74) is -0.587. The van der Waals surface area contributed by atoms with Crippen molar-refractivity contribution < 1.29 is 23.8 Å². The number of amides is 1. The molecule has 0 aromatic heterocycles. The maximum Gasteiger partial charge on any atom is 0.411 e. The Bertz CT molecular complexity index is 403. The van der Waals surface area contributed by atoms with Crippen LogP contribution in [0.5, 0.6) is 0 Å². The number of methoxy groups -OCH3 is 1. The first-order chi connectivity index (χ1) is 9.81. The Kier molecular flexibility index (Phi) is 4.73. The van der Waals surface area contributed by atoms with Gasteiger partial charge >= 0.3 is 12.1 Å². The molecule has 7 heteroatoms. The molecule has 0 aromatic rings. The number of ether oxygens (including phenoxy) is 3. The minimum atomic E-state index is -0.626. The molecule has 0 aromatic carbocycles. The van der Waals surface area contributed by atoms with Crippen molar-refractivity contribution in [3.63, 3.8) is 0 Å². The summed E-state index contributed by atoms with van der Waals surface area (Å²) < 4.78 is 15.4. The van der Waals surface area contributed by atoms with Crippen molar-refractivity contribution in [1.29, 1.82) is 0 Å². The van der Waals surface area contributed by atoms with E-state index in [1.807, 2.05) is 0 Å². The van der Waals surface area contributed by atoms with E-state index in [0.29, 0.717) is 38.9 Å². The van der Waals surface area contributed by atoms with Crippen molar-refractivity contribution in [2.75, 3.05) is 40.0 Å². The van der Waals surface area contributed by atoms with Gasteiger partial charge in [-0.15, -0.1) is 0 Å². The van der Waals surface area contributed by atoms with Crippen LogP contribution in [0.15, 0.2) is 0 Å². The molecular formula is C14H24N2O5. The highest BCUT2D eigenvalue weighted by Crippen LogP contribution is 2.20. The minimum absolute atomic E-state index is 0.331. The first kappa shape index (κ1) is 16.0. The van der Waals surface area contributed by atoms with E-state index in [1.165, 1.54) is 12.0 Å². The van der Waals surface area contributed by atoms with Crippen LogP contribution in [0.25, 0.3) is 0 Å². The van der Waals surface area contributed by atoms with Crippen molar-refractivity contribution in [3.05, 3.63) is 0 Å². The van der Waals surface area contributed by atoms with Crippen LogP contribution < -0.4 is 0 Å². The molecule has 1 unspecified atom stereocenters. The normalized spacial score (nSPS) is 24.4. The van der Waals surface area contributed by atoms with Crippen LogP contribution in [0.2, 0.25) is 0 Å². The third-order valence-corrected chi connectivity index (χ3v) is 3.65. The van der Waals surface area contributed by atoms with E-state index in [0.717, 1.165) is 0 Å². The number of hydrogen-bond acceptors (Lipinski definition) is 6. The summed E-state index contributed by atoms with van der Waals surface area (Å²) in [6.07, 6.45) is -0.470. The molecule has 0 bridgehead atoms. The molecule has 2 fully saturated rings. The van der Waals surface area contributed by atoms with Gasteiger partial charge in [0.15, 0.2) is 0 Å². The molecule has 21 heavy (non-hydrogen) atoms. The zero-order valence-electron chi connectivity index (χ0n) is 13.1. The fourth-order valence-electron chi connectivity index (χ4n) is 2.45. The van der Waals surface area contributed by atoms with Crippen LogP contribution in [-0.2, 0) is 19.0 Å². The fourth-order valence-corrected chi connectivity index (χ4v) is 2.45. The first-order valence-corrected chi connectivity index (χ1v) is 7.21. The molecule has 120 valence electrons. The van der Waals surface area contributed by atoms with Crippen molar-refractivity contribution in [3.8, 4) is 0 Å². The number of nitrogens with zero attached hydrogens (tertiary/aromatic N) is 2. The predicted octanol–water partition coefficient (Wildman–Crippen LogP) is 0.479. The van der Waals surface area contributed by atoms with Crippen molar-refractivity contribution in [2.24, 2.45) is 0 Å². The molecule has 2 saturated heterocycles. The Morgan fingerprint density at radius 2 is 1.86 bits per heavy atom. The molecule has 0 radical (unpaired) electrons. The van der Waals surface area contributed by atoms with Crippen molar-refractivity contribution >= 4 is 12.1 Å². The number of carbonyl (C=O) groups excluding carboxylic acids is 2. The highest BCUT2D eigenvalue weighted by molar-refractivity contribution is 5.82.